The molecule has 42 heavy (non-hydrogen) atoms. The topological polar surface area (TPSA) is 117 Å². The molecule has 0 saturated carbocycles. The lowest BCUT2D eigenvalue weighted by Gasteiger charge is -2.28. The molecule has 13 heteroatoms. The molecule has 216 valence electrons. The van der Waals surface area contributed by atoms with Gasteiger partial charge >= 0.3 is 16.4 Å². The zero-order chi connectivity index (χ0) is 29.8. The Bertz CT molecular complexity index is 2090. The first-order valence-corrected chi connectivity index (χ1v) is 14.4. The van der Waals surface area contributed by atoms with Gasteiger partial charge in [-0.3, -0.25) is 4.79 Å². The highest BCUT2D eigenvalue weighted by atomic mass is 32.3. The quantitative estimate of drug-likeness (QED) is 0.198. The van der Waals surface area contributed by atoms with Crippen LogP contribution in [0, 0.1) is 11.3 Å². The van der Waals surface area contributed by atoms with Gasteiger partial charge in [0.2, 0.25) is 0 Å². The molecule has 0 radical (unpaired) electrons. The van der Waals surface area contributed by atoms with E-state index < -0.39 is 33.3 Å². The molecule has 0 atom stereocenters. The van der Waals surface area contributed by atoms with E-state index in [1.165, 1.54) is 24.3 Å². The normalized spacial score (nSPS) is 14.9. The third kappa shape index (κ3) is 4.97. The van der Waals surface area contributed by atoms with Gasteiger partial charge in [-0.2, -0.15) is 26.9 Å². The largest absolute Gasteiger partial charge is 0.483 e. The highest BCUT2D eigenvalue weighted by Crippen LogP contribution is 2.39. The maximum atomic E-state index is 14.0. The minimum atomic E-state index is -5.12. The van der Waals surface area contributed by atoms with Gasteiger partial charge < -0.3 is 19.6 Å². The van der Waals surface area contributed by atoms with Crippen molar-refractivity contribution in [3.05, 3.63) is 70.4 Å². The zero-order valence-electron chi connectivity index (χ0n) is 21.8. The summed E-state index contributed by atoms with van der Waals surface area (Å²) in [6, 6.07) is 14.3. The van der Waals surface area contributed by atoms with Crippen LogP contribution in [0.3, 0.4) is 0 Å². The number of aromatic amines is 1. The number of pyridine rings is 1. The van der Waals surface area contributed by atoms with Crippen molar-refractivity contribution in [1.29, 1.82) is 5.26 Å². The number of alkyl halides is 3. The van der Waals surface area contributed by atoms with Crippen LogP contribution in [0.25, 0.3) is 44.0 Å². The molecule has 1 fully saturated rings. The summed E-state index contributed by atoms with van der Waals surface area (Å²) in [4.78, 5) is 16.6. The number of piperidine rings is 1. The molecular formula is C29H22F4N4O4S. The lowest BCUT2D eigenvalue weighted by atomic mass is 9.99. The first-order valence-electron chi connectivity index (χ1n) is 13.0. The van der Waals surface area contributed by atoms with Gasteiger partial charge in [0.15, 0.2) is 12.0 Å². The van der Waals surface area contributed by atoms with E-state index in [0.717, 1.165) is 12.1 Å². The summed E-state index contributed by atoms with van der Waals surface area (Å²) in [5.74, 6) is -0.312. The van der Waals surface area contributed by atoms with Crippen LogP contribution >= 0.6 is 0 Å². The maximum Gasteiger partial charge on any atom is 0.422 e. The second-order valence-corrected chi connectivity index (χ2v) is 11.5. The van der Waals surface area contributed by atoms with Crippen LogP contribution in [0.1, 0.15) is 24.4 Å². The van der Waals surface area contributed by atoms with E-state index in [2.05, 4.69) is 16.4 Å². The third-order valence-electron chi connectivity index (χ3n) is 7.47. The number of nitrogens with zero attached hydrogens (tertiary/aromatic N) is 2. The van der Waals surface area contributed by atoms with Crippen molar-refractivity contribution in [2.45, 2.75) is 30.0 Å². The van der Waals surface area contributed by atoms with E-state index in [-0.39, 0.29) is 28.3 Å². The molecule has 0 aliphatic carbocycles. The summed E-state index contributed by atoms with van der Waals surface area (Å²) in [5.41, 5.74) is 1.49. The number of hydrogen-bond donors (Lipinski definition) is 2. The Kier molecular flexibility index (Phi) is 6.70. The molecule has 1 saturated heterocycles. The van der Waals surface area contributed by atoms with Gasteiger partial charge in [0, 0.05) is 22.5 Å². The number of H-pyrrole nitrogens is 1. The lowest BCUT2D eigenvalue weighted by molar-refractivity contribution is -0.153. The molecule has 0 bridgehead atoms. The van der Waals surface area contributed by atoms with Crippen molar-refractivity contribution in [1.82, 2.24) is 14.9 Å². The number of rotatable bonds is 5. The number of halogens is 4. The predicted molar refractivity (Wildman–Crippen MR) is 149 cm³/mol. The Balaban J connectivity index is 1.72. The van der Waals surface area contributed by atoms with Crippen molar-refractivity contribution in [3.63, 3.8) is 0 Å². The van der Waals surface area contributed by atoms with Gasteiger partial charge in [-0.15, -0.1) is 3.89 Å². The van der Waals surface area contributed by atoms with Gasteiger partial charge in [-0.1, -0.05) is 18.2 Å². The maximum absolute atomic E-state index is 14.0. The number of aromatic nitrogens is 2. The van der Waals surface area contributed by atoms with Crippen molar-refractivity contribution >= 4 is 43.1 Å². The summed E-state index contributed by atoms with van der Waals surface area (Å²) in [7, 11) is -5.12. The van der Waals surface area contributed by atoms with Crippen LogP contribution in [0.5, 0.6) is 5.75 Å². The van der Waals surface area contributed by atoms with Gasteiger partial charge in [0.05, 0.1) is 32.8 Å². The third-order valence-corrected chi connectivity index (χ3v) is 8.29. The molecule has 0 unspecified atom stereocenters. The van der Waals surface area contributed by atoms with Gasteiger partial charge in [0.25, 0.3) is 0 Å². The lowest BCUT2D eigenvalue weighted by Crippen LogP contribution is -2.30. The SMILES string of the molecule is N#Cc1ccc2c(c1)[nH]c1c2c(=O)c2cc(OCC(F)(F)F)c(-c3cccc(S(=O)(=O)F)c3)cc2n1C1CCNCC1. The highest BCUT2D eigenvalue weighted by molar-refractivity contribution is 7.86. The fourth-order valence-corrected chi connectivity index (χ4v) is 6.14. The van der Waals surface area contributed by atoms with Crippen LogP contribution in [0.15, 0.2) is 64.3 Å². The fraction of sp³-hybridized carbons (Fsp3) is 0.241. The van der Waals surface area contributed by atoms with Crippen molar-refractivity contribution in [3.8, 4) is 22.9 Å². The Morgan fingerprint density at radius 3 is 2.50 bits per heavy atom. The van der Waals surface area contributed by atoms with Gasteiger partial charge in [-0.25, -0.2) is 0 Å². The van der Waals surface area contributed by atoms with Crippen LogP contribution in [-0.4, -0.2) is 43.8 Å². The van der Waals surface area contributed by atoms with Crippen LogP contribution in [0.4, 0.5) is 17.1 Å². The minimum Gasteiger partial charge on any atom is -0.483 e. The van der Waals surface area contributed by atoms with Gasteiger partial charge in [0.1, 0.15) is 11.4 Å². The molecule has 2 aromatic heterocycles. The summed E-state index contributed by atoms with van der Waals surface area (Å²) in [5, 5.41) is 13.7. The molecule has 8 nitrogen and oxygen atoms in total. The average Bonchev–Trinajstić information content (AvgIpc) is 3.34. The Morgan fingerprint density at radius 2 is 1.81 bits per heavy atom. The van der Waals surface area contributed by atoms with Crippen LogP contribution in [0.2, 0.25) is 0 Å². The molecule has 0 spiro atoms. The predicted octanol–water partition coefficient (Wildman–Crippen LogP) is 5.70. The van der Waals surface area contributed by atoms with Crippen LogP contribution in [-0.2, 0) is 10.2 Å². The number of nitriles is 1. The zero-order valence-corrected chi connectivity index (χ0v) is 22.6. The Morgan fingerprint density at radius 1 is 1.05 bits per heavy atom. The van der Waals surface area contributed by atoms with E-state index in [4.69, 9.17) is 4.74 Å². The van der Waals surface area contributed by atoms with E-state index in [0.29, 0.717) is 58.9 Å². The fourth-order valence-electron chi connectivity index (χ4n) is 5.63. The highest BCUT2D eigenvalue weighted by Gasteiger charge is 2.30. The number of hydrogen-bond acceptors (Lipinski definition) is 6. The van der Waals surface area contributed by atoms with E-state index in [1.807, 2.05) is 4.57 Å². The molecule has 1 aliphatic heterocycles. The summed E-state index contributed by atoms with van der Waals surface area (Å²) in [6.45, 7) is -0.287. The molecular weight excluding hydrogens is 576 g/mol. The second-order valence-electron chi connectivity index (χ2n) is 10.1. The molecule has 3 aromatic carbocycles. The van der Waals surface area contributed by atoms with E-state index in [1.54, 1.807) is 18.2 Å². The van der Waals surface area contributed by atoms with Crippen LogP contribution < -0.4 is 15.5 Å². The molecule has 5 aromatic rings. The summed E-state index contributed by atoms with van der Waals surface area (Å²) in [6.07, 6.45) is -3.34. The summed E-state index contributed by atoms with van der Waals surface area (Å²) < 4.78 is 84.0. The van der Waals surface area contributed by atoms with Gasteiger partial charge in [-0.05, 0) is 67.9 Å². The molecule has 3 heterocycles. The molecule has 2 N–H and O–H groups in total. The minimum absolute atomic E-state index is 0.0570. The number of fused-ring (bicyclic) bond motifs is 4. The Labute approximate surface area is 236 Å². The second kappa shape index (κ2) is 10.1. The smallest absolute Gasteiger partial charge is 0.422 e. The van der Waals surface area contributed by atoms with Crippen molar-refractivity contribution in [2.24, 2.45) is 0 Å². The average molecular weight is 599 g/mol. The van der Waals surface area contributed by atoms with Crippen molar-refractivity contribution in [2.75, 3.05) is 19.7 Å². The first-order chi connectivity index (χ1) is 19.9. The molecule has 1 aliphatic rings. The molecule has 6 rings (SSSR count). The van der Waals surface area contributed by atoms with Crippen molar-refractivity contribution < 1.29 is 30.2 Å². The van der Waals surface area contributed by atoms with E-state index in [9.17, 15) is 35.5 Å². The summed E-state index contributed by atoms with van der Waals surface area (Å²) >= 11 is 0. The van der Waals surface area contributed by atoms with E-state index >= 15 is 0 Å². The number of ether oxygens (including phenoxy) is 1. The monoisotopic (exact) mass is 598 g/mol. The standard InChI is InChI=1S/C29H22F4N4O4S/c30-29(31,32)15-41-25-13-22-24(12-21(25)17-2-1-3-19(11-17)42(33,39)40)37(18-6-8-35-9-7-18)28-26(27(22)38)20-5-4-16(14-34)10-23(20)36-28/h1-5,10-13,18,35-36H,6-9,15H2. The Hall–Kier alpha value is -4.41. The first kappa shape index (κ1) is 27.7. The number of benzene rings is 3. The number of nitrogens with one attached hydrogen (secondary N) is 2. The molecule has 0 amide bonds.